The normalized spacial score (nSPS) is 24.9. The number of nitrogens with zero attached hydrogens (tertiary/aromatic N) is 2. The zero-order valence-corrected chi connectivity index (χ0v) is 13.4. The molecule has 5 heteroatoms. The lowest BCUT2D eigenvalue weighted by Crippen LogP contribution is -2.03. The van der Waals surface area contributed by atoms with Crippen molar-refractivity contribution in [2.45, 2.75) is 38.0 Å². The molecule has 104 valence electrons. The van der Waals surface area contributed by atoms with Gasteiger partial charge in [0.2, 0.25) is 0 Å². The lowest BCUT2D eigenvalue weighted by molar-refractivity contribution is 0.514. The van der Waals surface area contributed by atoms with E-state index in [-0.39, 0.29) is 0 Å². The summed E-state index contributed by atoms with van der Waals surface area (Å²) >= 11 is 2.24. The van der Waals surface area contributed by atoms with Crippen molar-refractivity contribution >= 4 is 28.4 Å². The first-order valence-electron chi connectivity index (χ1n) is 7.06. The molecular weight excluding hydrogens is 365 g/mol. The second-order valence-electron chi connectivity index (χ2n) is 5.93. The third kappa shape index (κ3) is 2.12. The highest BCUT2D eigenvalue weighted by molar-refractivity contribution is 14.1. The quantitative estimate of drug-likeness (QED) is 0.819. The minimum Gasteiger partial charge on any atom is -0.457 e. The van der Waals surface area contributed by atoms with Crippen molar-refractivity contribution in [3.63, 3.8) is 0 Å². The molecule has 0 bridgehead atoms. The van der Waals surface area contributed by atoms with Crippen LogP contribution in [0.1, 0.15) is 49.5 Å². The zero-order chi connectivity index (χ0) is 13.9. The minimum atomic E-state index is 0.559. The Morgan fingerprint density at radius 2 is 2.05 bits per heavy atom. The van der Waals surface area contributed by atoms with Crippen LogP contribution in [-0.2, 0) is 0 Å². The number of nitrogen functional groups attached to an aromatic ring is 1. The molecule has 2 aliphatic carbocycles. The Morgan fingerprint density at radius 3 is 2.70 bits per heavy atom. The van der Waals surface area contributed by atoms with Gasteiger partial charge in [-0.3, -0.25) is 0 Å². The van der Waals surface area contributed by atoms with Crippen LogP contribution in [0.5, 0.6) is 0 Å². The molecular formula is C15H16IN3O. The molecule has 0 aliphatic heterocycles. The highest BCUT2D eigenvalue weighted by Gasteiger charge is 2.37. The molecule has 0 radical (unpaired) electrons. The minimum absolute atomic E-state index is 0.559. The first kappa shape index (κ1) is 12.6. The lowest BCUT2D eigenvalue weighted by Gasteiger charge is -2.06. The average molecular weight is 381 g/mol. The monoisotopic (exact) mass is 381 g/mol. The summed E-state index contributed by atoms with van der Waals surface area (Å²) in [6.45, 7) is 2.25. The lowest BCUT2D eigenvalue weighted by atomic mass is 10.2. The van der Waals surface area contributed by atoms with E-state index in [9.17, 15) is 0 Å². The number of furan rings is 1. The van der Waals surface area contributed by atoms with Gasteiger partial charge in [-0.05, 0) is 59.9 Å². The van der Waals surface area contributed by atoms with Crippen LogP contribution in [0.15, 0.2) is 16.5 Å². The Kier molecular flexibility index (Phi) is 2.80. The van der Waals surface area contributed by atoms with Crippen LogP contribution in [0.3, 0.4) is 0 Å². The molecule has 4 nitrogen and oxygen atoms in total. The highest BCUT2D eigenvalue weighted by Crippen LogP contribution is 2.48. The van der Waals surface area contributed by atoms with Gasteiger partial charge in [-0.25, -0.2) is 9.97 Å². The molecule has 2 aromatic heterocycles. The maximum absolute atomic E-state index is 6.03. The Bertz CT molecular complexity index is 678. The van der Waals surface area contributed by atoms with Gasteiger partial charge >= 0.3 is 0 Å². The fourth-order valence-corrected chi connectivity index (χ4v) is 3.29. The maximum atomic E-state index is 6.03. The van der Waals surface area contributed by atoms with E-state index in [1.807, 2.05) is 6.07 Å². The third-order valence-electron chi connectivity index (χ3n) is 4.19. The topological polar surface area (TPSA) is 64.9 Å². The van der Waals surface area contributed by atoms with Crippen molar-refractivity contribution in [2.75, 3.05) is 5.73 Å². The average Bonchev–Trinajstić information content (AvgIpc) is 3.33. The van der Waals surface area contributed by atoms with E-state index in [1.165, 1.54) is 19.3 Å². The molecule has 2 atom stereocenters. The van der Waals surface area contributed by atoms with Crippen LogP contribution in [-0.4, -0.2) is 9.97 Å². The van der Waals surface area contributed by atoms with Gasteiger partial charge in [-0.1, -0.05) is 6.92 Å². The number of hydrogen-bond donors (Lipinski definition) is 1. The standard InChI is InChI=1S/C15H16IN3O/c1-7-6-9(7)10-4-5-11(20-10)15-18-13(8-2-3-8)12(16)14(17)19-15/h4-5,7-9H,2-3,6H2,1H3,(H2,17,18,19). The molecule has 0 aromatic carbocycles. The molecule has 20 heavy (non-hydrogen) atoms. The van der Waals surface area contributed by atoms with Crippen molar-refractivity contribution in [3.05, 3.63) is 27.2 Å². The number of rotatable bonds is 3. The van der Waals surface area contributed by atoms with Gasteiger partial charge in [-0.2, -0.15) is 0 Å². The summed E-state index contributed by atoms with van der Waals surface area (Å²) in [5.41, 5.74) is 7.11. The van der Waals surface area contributed by atoms with Crippen molar-refractivity contribution in [3.8, 4) is 11.6 Å². The summed E-state index contributed by atoms with van der Waals surface area (Å²) in [6, 6.07) is 4.02. The van der Waals surface area contributed by atoms with Crippen molar-refractivity contribution in [1.29, 1.82) is 0 Å². The Labute approximate surface area is 131 Å². The summed E-state index contributed by atoms with van der Waals surface area (Å²) in [4.78, 5) is 9.08. The van der Waals surface area contributed by atoms with Crippen LogP contribution < -0.4 is 5.73 Å². The molecule has 2 aliphatic rings. The number of aromatic nitrogens is 2. The van der Waals surface area contributed by atoms with Crippen LogP contribution in [0.25, 0.3) is 11.6 Å². The zero-order valence-electron chi connectivity index (χ0n) is 11.3. The van der Waals surface area contributed by atoms with Gasteiger partial charge in [0.05, 0.1) is 9.26 Å². The van der Waals surface area contributed by atoms with Crippen molar-refractivity contribution in [2.24, 2.45) is 5.92 Å². The van der Waals surface area contributed by atoms with Gasteiger partial charge in [0, 0.05) is 11.8 Å². The molecule has 2 fully saturated rings. The molecule has 2 unspecified atom stereocenters. The molecule has 2 aromatic rings. The summed E-state index contributed by atoms with van der Waals surface area (Å²) in [7, 11) is 0. The van der Waals surface area contributed by atoms with E-state index in [0.29, 0.717) is 23.5 Å². The molecule has 4 rings (SSSR count). The number of anilines is 1. The van der Waals surface area contributed by atoms with Gasteiger partial charge in [0.1, 0.15) is 11.6 Å². The SMILES string of the molecule is CC1CC1c1ccc(-c2nc(N)c(I)c(C3CC3)n2)o1. The van der Waals surface area contributed by atoms with E-state index < -0.39 is 0 Å². The van der Waals surface area contributed by atoms with Gasteiger partial charge in [0.15, 0.2) is 11.6 Å². The number of halogens is 1. The third-order valence-corrected chi connectivity index (χ3v) is 5.29. The summed E-state index contributed by atoms with van der Waals surface area (Å²) in [5.74, 6) is 4.86. The Balaban J connectivity index is 1.72. The van der Waals surface area contributed by atoms with Crippen LogP contribution in [0.4, 0.5) is 5.82 Å². The van der Waals surface area contributed by atoms with Crippen LogP contribution in [0, 0.1) is 9.49 Å². The second-order valence-corrected chi connectivity index (χ2v) is 7.01. The largest absolute Gasteiger partial charge is 0.457 e. The first-order chi connectivity index (χ1) is 9.63. The first-order valence-corrected chi connectivity index (χ1v) is 8.14. The summed E-state index contributed by atoms with van der Waals surface area (Å²) < 4.78 is 6.93. The summed E-state index contributed by atoms with van der Waals surface area (Å²) in [5, 5.41) is 0. The number of nitrogens with two attached hydrogens (primary N) is 1. The maximum Gasteiger partial charge on any atom is 0.197 e. The fourth-order valence-electron chi connectivity index (χ4n) is 2.61. The van der Waals surface area contributed by atoms with Gasteiger partial charge in [-0.15, -0.1) is 0 Å². The van der Waals surface area contributed by atoms with E-state index >= 15 is 0 Å². The van der Waals surface area contributed by atoms with Gasteiger partial charge < -0.3 is 10.2 Å². The predicted molar refractivity (Wildman–Crippen MR) is 85.4 cm³/mol. The van der Waals surface area contributed by atoms with Crippen molar-refractivity contribution in [1.82, 2.24) is 9.97 Å². The smallest absolute Gasteiger partial charge is 0.197 e. The van der Waals surface area contributed by atoms with Crippen molar-refractivity contribution < 1.29 is 4.42 Å². The van der Waals surface area contributed by atoms with E-state index in [4.69, 9.17) is 10.2 Å². The Hall–Kier alpha value is -1.11. The fraction of sp³-hybridized carbons (Fsp3) is 0.467. The highest BCUT2D eigenvalue weighted by atomic mass is 127. The van der Waals surface area contributed by atoms with E-state index in [2.05, 4.69) is 45.5 Å². The molecule has 0 amide bonds. The molecule has 0 saturated heterocycles. The second kappa shape index (κ2) is 4.44. The predicted octanol–water partition coefficient (Wildman–Crippen LogP) is 3.92. The van der Waals surface area contributed by atoms with Gasteiger partial charge in [0.25, 0.3) is 0 Å². The molecule has 0 spiro atoms. The van der Waals surface area contributed by atoms with Crippen LogP contribution in [0.2, 0.25) is 0 Å². The number of hydrogen-bond acceptors (Lipinski definition) is 4. The summed E-state index contributed by atoms with van der Waals surface area (Å²) in [6.07, 6.45) is 3.62. The van der Waals surface area contributed by atoms with E-state index in [0.717, 1.165) is 26.7 Å². The van der Waals surface area contributed by atoms with Crippen LogP contribution >= 0.6 is 22.6 Å². The molecule has 2 heterocycles. The van der Waals surface area contributed by atoms with E-state index in [1.54, 1.807) is 0 Å². The molecule has 2 N–H and O–H groups in total. The Morgan fingerprint density at radius 1 is 1.30 bits per heavy atom. The molecule has 2 saturated carbocycles.